The number of hydrogen-bond donors (Lipinski definition) is 2. The van der Waals surface area contributed by atoms with Crippen molar-refractivity contribution < 1.29 is 0 Å². The number of rotatable bonds is 3. The summed E-state index contributed by atoms with van der Waals surface area (Å²) in [6.07, 6.45) is 4.03. The van der Waals surface area contributed by atoms with Crippen LogP contribution in [0.15, 0.2) is 0 Å². The van der Waals surface area contributed by atoms with Gasteiger partial charge in [-0.2, -0.15) is 0 Å². The normalized spacial score (nSPS) is 29.5. The van der Waals surface area contributed by atoms with Crippen LogP contribution in [0.4, 0.5) is 0 Å². The van der Waals surface area contributed by atoms with Crippen LogP contribution in [0.5, 0.6) is 0 Å². The maximum Gasteiger partial charge on any atom is 0.166 e. The fraction of sp³-hybridized carbons (Fsp3) is 0.929. The molecular formula is C14H28N2S. The van der Waals surface area contributed by atoms with E-state index in [9.17, 15) is 0 Å². The maximum atomic E-state index is 5.38. The lowest BCUT2D eigenvalue weighted by molar-refractivity contribution is 0.170. The molecule has 0 radical (unpaired) electrons. The minimum absolute atomic E-state index is 0.409. The van der Waals surface area contributed by atoms with Crippen molar-refractivity contribution in [2.45, 2.75) is 66.0 Å². The first kappa shape index (κ1) is 14.7. The van der Waals surface area contributed by atoms with Gasteiger partial charge in [-0.15, -0.1) is 0 Å². The molecule has 1 aliphatic carbocycles. The van der Waals surface area contributed by atoms with Crippen molar-refractivity contribution in [2.24, 2.45) is 17.8 Å². The fourth-order valence-corrected chi connectivity index (χ4v) is 3.28. The summed E-state index contributed by atoms with van der Waals surface area (Å²) in [7, 11) is 0. The molecule has 0 amide bonds. The summed E-state index contributed by atoms with van der Waals surface area (Å²) in [5, 5.41) is 7.67. The van der Waals surface area contributed by atoms with Crippen LogP contribution >= 0.6 is 12.2 Å². The van der Waals surface area contributed by atoms with Gasteiger partial charge in [-0.3, -0.25) is 0 Å². The van der Waals surface area contributed by atoms with Crippen LogP contribution < -0.4 is 10.6 Å². The number of nitrogens with one attached hydrogen (secondary N) is 2. The molecule has 1 rings (SSSR count). The predicted molar refractivity (Wildman–Crippen MR) is 79.1 cm³/mol. The van der Waals surface area contributed by atoms with E-state index in [2.05, 4.69) is 45.3 Å². The Morgan fingerprint density at radius 1 is 1.18 bits per heavy atom. The highest BCUT2D eigenvalue weighted by Crippen LogP contribution is 2.33. The maximum absolute atomic E-state index is 5.38. The summed E-state index contributed by atoms with van der Waals surface area (Å²) < 4.78 is 0. The van der Waals surface area contributed by atoms with E-state index in [4.69, 9.17) is 12.2 Å². The standard InChI is InChI=1S/C14H28N2S/c1-9(2)12-8-6-7-11(5)13(12)16-14(17)15-10(3)4/h9-13H,6-8H2,1-5H3,(H2,15,16,17). The summed E-state index contributed by atoms with van der Waals surface area (Å²) in [6, 6.07) is 0.953. The summed E-state index contributed by atoms with van der Waals surface area (Å²) in [4.78, 5) is 0. The molecular weight excluding hydrogens is 228 g/mol. The molecule has 0 heterocycles. The van der Waals surface area contributed by atoms with Crippen LogP contribution in [0.25, 0.3) is 0 Å². The van der Waals surface area contributed by atoms with Crippen molar-refractivity contribution in [1.82, 2.24) is 10.6 Å². The summed E-state index contributed by atoms with van der Waals surface area (Å²) >= 11 is 5.38. The van der Waals surface area contributed by atoms with Gasteiger partial charge in [0.15, 0.2) is 5.11 Å². The zero-order valence-electron chi connectivity index (χ0n) is 11.9. The molecule has 3 heteroatoms. The van der Waals surface area contributed by atoms with Gasteiger partial charge in [-0.25, -0.2) is 0 Å². The quantitative estimate of drug-likeness (QED) is 0.758. The van der Waals surface area contributed by atoms with Crippen LogP contribution in [0.2, 0.25) is 0 Å². The summed E-state index contributed by atoms with van der Waals surface area (Å²) in [6.45, 7) is 11.3. The minimum Gasteiger partial charge on any atom is -0.361 e. The first-order chi connectivity index (χ1) is 7.91. The van der Waals surface area contributed by atoms with E-state index in [1.165, 1.54) is 19.3 Å². The van der Waals surface area contributed by atoms with E-state index in [0.717, 1.165) is 22.9 Å². The van der Waals surface area contributed by atoms with Crippen LogP contribution in [-0.4, -0.2) is 17.2 Å². The van der Waals surface area contributed by atoms with E-state index >= 15 is 0 Å². The Hall–Kier alpha value is -0.310. The van der Waals surface area contributed by atoms with E-state index in [0.29, 0.717) is 12.1 Å². The Kier molecular flexibility index (Phi) is 5.71. The molecule has 2 nitrogen and oxygen atoms in total. The van der Waals surface area contributed by atoms with Crippen LogP contribution in [0.1, 0.15) is 53.9 Å². The van der Waals surface area contributed by atoms with Gasteiger partial charge in [0.25, 0.3) is 0 Å². The van der Waals surface area contributed by atoms with Crippen molar-refractivity contribution in [1.29, 1.82) is 0 Å². The Morgan fingerprint density at radius 2 is 1.82 bits per heavy atom. The highest BCUT2D eigenvalue weighted by Gasteiger charge is 2.32. The second-order valence-electron chi connectivity index (χ2n) is 6.11. The van der Waals surface area contributed by atoms with Gasteiger partial charge in [-0.1, -0.05) is 27.2 Å². The molecule has 0 bridgehead atoms. The van der Waals surface area contributed by atoms with Gasteiger partial charge in [0, 0.05) is 12.1 Å². The molecule has 1 fully saturated rings. The molecule has 3 atom stereocenters. The van der Waals surface area contributed by atoms with E-state index in [-0.39, 0.29) is 0 Å². The molecule has 0 aromatic rings. The lowest BCUT2D eigenvalue weighted by atomic mass is 9.73. The lowest BCUT2D eigenvalue weighted by Crippen LogP contribution is -2.52. The SMILES string of the molecule is CC(C)NC(=S)NC1C(C)CCCC1C(C)C. The topological polar surface area (TPSA) is 24.1 Å². The van der Waals surface area contributed by atoms with Gasteiger partial charge in [0.05, 0.1) is 0 Å². The van der Waals surface area contributed by atoms with Gasteiger partial charge in [0.2, 0.25) is 0 Å². The molecule has 0 aromatic heterocycles. The zero-order chi connectivity index (χ0) is 13.0. The number of thiocarbonyl (C=S) groups is 1. The van der Waals surface area contributed by atoms with Gasteiger partial charge in [-0.05, 0) is 56.7 Å². The Balaban J connectivity index is 2.59. The monoisotopic (exact) mass is 256 g/mol. The van der Waals surface area contributed by atoms with Crippen molar-refractivity contribution >= 4 is 17.3 Å². The van der Waals surface area contributed by atoms with E-state index in [1.54, 1.807) is 0 Å². The van der Waals surface area contributed by atoms with E-state index in [1.807, 2.05) is 0 Å². The highest BCUT2D eigenvalue weighted by molar-refractivity contribution is 7.80. The average Bonchev–Trinajstić information content (AvgIpc) is 2.19. The van der Waals surface area contributed by atoms with Crippen molar-refractivity contribution in [3.8, 4) is 0 Å². The third-order valence-corrected chi connectivity index (χ3v) is 4.08. The first-order valence-corrected chi connectivity index (χ1v) is 7.39. The Morgan fingerprint density at radius 3 is 2.35 bits per heavy atom. The highest BCUT2D eigenvalue weighted by atomic mass is 32.1. The molecule has 100 valence electrons. The Labute approximate surface area is 112 Å². The second-order valence-corrected chi connectivity index (χ2v) is 6.52. The largest absolute Gasteiger partial charge is 0.361 e. The molecule has 0 aliphatic heterocycles. The van der Waals surface area contributed by atoms with Crippen LogP contribution in [-0.2, 0) is 0 Å². The van der Waals surface area contributed by atoms with Crippen molar-refractivity contribution in [2.75, 3.05) is 0 Å². The minimum atomic E-state index is 0.409. The molecule has 0 saturated heterocycles. The number of hydrogen-bond acceptors (Lipinski definition) is 1. The summed E-state index contributed by atoms with van der Waals surface area (Å²) in [5.41, 5.74) is 0. The molecule has 3 unspecified atom stereocenters. The van der Waals surface area contributed by atoms with Gasteiger partial charge < -0.3 is 10.6 Å². The third kappa shape index (κ3) is 4.46. The molecule has 1 aliphatic rings. The second kappa shape index (κ2) is 6.58. The third-order valence-electron chi connectivity index (χ3n) is 3.85. The molecule has 0 aromatic carbocycles. The molecule has 17 heavy (non-hydrogen) atoms. The first-order valence-electron chi connectivity index (χ1n) is 6.98. The average molecular weight is 256 g/mol. The molecule has 0 spiro atoms. The van der Waals surface area contributed by atoms with Gasteiger partial charge >= 0.3 is 0 Å². The smallest absolute Gasteiger partial charge is 0.166 e. The zero-order valence-corrected chi connectivity index (χ0v) is 12.7. The molecule has 2 N–H and O–H groups in total. The van der Waals surface area contributed by atoms with Gasteiger partial charge in [0.1, 0.15) is 0 Å². The van der Waals surface area contributed by atoms with Crippen LogP contribution in [0, 0.1) is 17.8 Å². The van der Waals surface area contributed by atoms with E-state index < -0.39 is 0 Å². The molecule has 1 saturated carbocycles. The van der Waals surface area contributed by atoms with Crippen molar-refractivity contribution in [3.05, 3.63) is 0 Å². The lowest BCUT2D eigenvalue weighted by Gasteiger charge is -2.40. The summed E-state index contributed by atoms with van der Waals surface area (Å²) in [5.74, 6) is 2.21. The fourth-order valence-electron chi connectivity index (χ4n) is 2.91. The van der Waals surface area contributed by atoms with Crippen LogP contribution in [0.3, 0.4) is 0 Å². The predicted octanol–water partition coefficient (Wildman–Crippen LogP) is 3.32. The Bertz CT molecular complexity index is 251. The van der Waals surface area contributed by atoms with Crippen molar-refractivity contribution in [3.63, 3.8) is 0 Å².